The van der Waals surface area contributed by atoms with Crippen LogP contribution >= 0.6 is 0 Å². The van der Waals surface area contributed by atoms with Crippen molar-refractivity contribution < 1.29 is 9.59 Å². The topological polar surface area (TPSA) is 40.6 Å². The summed E-state index contributed by atoms with van der Waals surface area (Å²) in [6.07, 6.45) is 0. The molecule has 0 unspecified atom stereocenters. The monoisotopic (exact) mass is 386 g/mol. The second kappa shape index (κ2) is 9.69. The van der Waals surface area contributed by atoms with Crippen LogP contribution in [0.1, 0.15) is 38.8 Å². The third-order valence-electron chi connectivity index (χ3n) is 4.87. The highest BCUT2D eigenvalue weighted by Gasteiger charge is 2.17. The highest BCUT2D eigenvalue weighted by Crippen LogP contribution is 2.13. The minimum atomic E-state index is -0.0653. The summed E-state index contributed by atoms with van der Waals surface area (Å²) in [6, 6.07) is 26.7. The van der Waals surface area contributed by atoms with E-state index in [4.69, 9.17) is 0 Å². The van der Waals surface area contributed by atoms with Crippen molar-refractivity contribution in [2.24, 2.45) is 0 Å². The molecule has 0 N–H and O–H groups in total. The molecule has 2 amide bonds. The number of hydrogen-bond donors (Lipinski definition) is 0. The first-order chi connectivity index (χ1) is 14.1. The molecular formula is C25H26N2O2. The first-order valence-electron chi connectivity index (χ1n) is 9.81. The van der Waals surface area contributed by atoms with Gasteiger partial charge in [0.2, 0.25) is 0 Å². The fraction of sp³-hybridized carbons (Fsp3) is 0.200. The van der Waals surface area contributed by atoms with Gasteiger partial charge in [0.05, 0.1) is 0 Å². The zero-order valence-corrected chi connectivity index (χ0v) is 16.9. The molecule has 0 saturated carbocycles. The highest BCUT2D eigenvalue weighted by atomic mass is 16.2. The van der Waals surface area contributed by atoms with E-state index >= 15 is 0 Å². The Morgan fingerprint density at radius 2 is 1.10 bits per heavy atom. The average molecular weight is 386 g/mol. The van der Waals surface area contributed by atoms with E-state index < -0.39 is 0 Å². The molecule has 0 saturated heterocycles. The van der Waals surface area contributed by atoms with E-state index in [1.54, 1.807) is 41.1 Å². The lowest BCUT2D eigenvalue weighted by atomic mass is 10.1. The molecule has 3 aromatic carbocycles. The van der Waals surface area contributed by atoms with Gasteiger partial charge in [-0.1, -0.05) is 60.7 Å². The van der Waals surface area contributed by atoms with Crippen molar-refractivity contribution >= 4 is 11.8 Å². The SMILES string of the molecule is CCN(Cc1ccccc1)C(=O)c1ccc(C(=O)N(C)Cc2ccccc2)cc1. The van der Waals surface area contributed by atoms with Gasteiger partial charge in [0.15, 0.2) is 0 Å². The van der Waals surface area contributed by atoms with Gasteiger partial charge in [0.25, 0.3) is 11.8 Å². The summed E-state index contributed by atoms with van der Waals surface area (Å²) >= 11 is 0. The number of carbonyl (C=O) groups excluding carboxylic acids is 2. The fourth-order valence-electron chi connectivity index (χ4n) is 3.22. The lowest BCUT2D eigenvalue weighted by molar-refractivity contribution is 0.0749. The predicted octanol–water partition coefficient (Wildman–Crippen LogP) is 4.62. The van der Waals surface area contributed by atoms with Crippen LogP contribution in [0.5, 0.6) is 0 Å². The van der Waals surface area contributed by atoms with Crippen LogP contribution in [0.2, 0.25) is 0 Å². The van der Waals surface area contributed by atoms with Gasteiger partial charge in [-0.25, -0.2) is 0 Å². The number of carbonyl (C=O) groups is 2. The van der Waals surface area contributed by atoms with E-state index in [0.29, 0.717) is 30.8 Å². The molecule has 3 aromatic rings. The minimum absolute atomic E-state index is 0.0343. The van der Waals surface area contributed by atoms with Crippen LogP contribution in [0.3, 0.4) is 0 Å². The van der Waals surface area contributed by atoms with Crippen LogP contribution in [0.25, 0.3) is 0 Å². The van der Waals surface area contributed by atoms with Crippen molar-refractivity contribution in [2.45, 2.75) is 20.0 Å². The van der Waals surface area contributed by atoms with E-state index in [2.05, 4.69) is 0 Å². The Labute approximate surface area is 172 Å². The Kier molecular flexibility index (Phi) is 6.80. The summed E-state index contributed by atoms with van der Waals surface area (Å²) in [6.45, 7) is 3.70. The lowest BCUT2D eigenvalue weighted by Gasteiger charge is -2.21. The molecule has 0 heterocycles. The molecule has 0 aliphatic heterocycles. The van der Waals surface area contributed by atoms with Crippen LogP contribution < -0.4 is 0 Å². The molecule has 4 nitrogen and oxygen atoms in total. The Bertz CT molecular complexity index is 938. The van der Waals surface area contributed by atoms with E-state index in [-0.39, 0.29) is 11.8 Å². The smallest absolute Gasteiger partial charge is 0.254 e. The third-order valence-corrected chi connectivity index (χ3v) is 4.87. The molecule has 0 bridgehead atoms. The van der Waals surface area contributed by atoms with Gasteiger partial charge in [-0.15, -0.1) is 0 Å². The second-order valence-electron chi connectivity index (χ2n) is 7.03. The Balaban J connectivity index is 1.66. The standard InChI is InChI=1S/C25H26N2O2/c1-3-27(19-21-12-8-5-9-13-21)25(29)23-16-14-22(15-17-23)24(28)26(2)18-20-10-6-4-7-11-20/h4-17H,3,18-19H2,1-2H3. The van der Waals surface area contributed by atoms with Crippen molar-refractivity contribution in [3.05, 3.63) is 107 Å². The van der Waals surface area contributed by atoms with E-state index in [9.17, 15) is 9.59 Å². The molecule has 0 atom stereocenters. The summed E-state index contributed by atoms with van der Waals surface area (Å²) in [5.74, 6) is -0.0996. The van der Waals surface area contributed by atoms with Crippen molar-refractivity contribution in [3.63, 3.8) is 0 Å². The molecule has 148 valence electrons. The van der Waals surface area contributed by atoms with Gasteiger partial charge < -0.3 is 9.80 Å². The Morgan fingerprint density at radius 3 is 1.59 bits per heavy atom. The maximum Gasteiger partial charge on any atom is 0.254 e. The zero-order valence-electron chi connectivity index (χ0n) is 16.9. The van der Waals surface area contributed by atoms with Crippen LogP contribution in [0, 0.1) is 0 Å². The number of amides is 2. The molecule has 0 aromatic heterocycles. The van der Waals surface area contributed by atoms with Crippen LogP contribution in [0.15, 0.2) is 84.9 Å². The summed E-state index contributed by atoms with van der Waals surface area (Å²) < 4.78 is 0. The maximum atomic E-state index is 12.9. The molecule has 29 heavy (non-hydrogen) atoms. The van der Waals surface area contributed by atoms with Crippen LogP contribution in [0.4, 0.5) is 0 Å². The first-order valence-corrected chi connectivity index (χ1v) is 9.81. The number of rotatable bonds is 7. The predicted molar refractivity (Wildman–Crippen MR) is 116 cm³/mol. The average Bonchev–Trinajstić information content (AvgIpc) is 2.78. The summed E-state index contributed by atoms with van der Waals surface area (Å²) in [4.78, 5) is 29.0. The molecular weight excluding hydrogens is 360 g/mol. The molecule has 0 radical (unpaired) electrons. The van der Waals surface area contributed by atoms with E-state index in [1.165, 1.54) is 0 Å². The highest BCUT2D eigenvalue weighted by molar-refractivity contribution is 5.97. The zero-order chi connectivity index (χ0) is 20.6. The van der Waals surface area contributed by atoms with E-state index in [0.717, 1.165) is 11.1 Å². The molecule has 0 spiro atoms. The van der Waals surface area contributed by atoms with Gasteiger partial charge >= 0.3 is 0 Å². The van der Waals surface area contributed by atoms with Crippen molar-refractivity contribution in [3.8, 4) is 0 Å². The maximum absolute atomic E-state index is 12.9. The van der Waals surface area contributed by atoms with Crippen molar-refractivity contribution in [1.82, 2.24) is 9.80 Å². The van der Waals surface area contributed by atoms with Crippen LogP contribution in [-0.4, -0.2) is 35.2 Å². The summed E-state index contributed by atoms with van der Waals surface area (Å²) in [7, 11) is 1.78. The van der Waals surface area contributed by atoms with Gasteiger partial charge in [-0.2, -0.15) is 0 Å². The number of benzene rings is 3. The fourth-order valence-corrected chi connectivity index (χ4v) is 3.22. The molecule has 0 aliphatic carbocycles. The number of nitrogens with zero attached hydrogens (tertiary/aromatic N) is 2. The third kappa shape index (κ3) is 5.32. The number of hydrogen-bond acceptors (Lipinski definition) is 2. The molecule has 0 fully saturated rings. The minimum Gasteiger partial charge on any atom is -0.337 e. The Hall–Kier alpha value is -3.40. The van der Waals surface area contributed by atoms with Gasteiger partial charge in [-0.3, -0.25) is 9.59 Å². The first kappa shape index (κ1) is 20.3. The van der Waals surface area contributed by atoms with Crippen molar-refractivity contribution in [1.29, 1.82) is 0 Å². The van der Waals surface area contributed by atoms with Gasteiger partial charge in [-0.05, 0) is 42.3 Å². The van der Waals surface area contributed by atoms with Gasteiger partial charge in [0, 0.05) is 37.8 Å². The van der Waals surface area contributed by atoms with E-state index in [1.807, 2.05) is 67.6 Å². The van der Waals surface area contributed by atoms with Crippen LogP contribution in [-0.2, 0) is 13.1 Å². The summed E-state index contributed by atoms with van der Waals surface area (Å²) in [5.41, 5.74) is 3.34. The van der Waals surface area contributed by atoms with Crippen molar-refractivity contribution in [2.75, 3.05) is 13.6 Å². The Morgan fingerprint density at radius 1 is 0.655 bits per heavy atom. The molecule has 4 heteroatoms. The second-order valence-corrected chi connectivity index (χ2v) is 7.03. The quantitative estimate of drug-likeness (QED) is 0.594. The van der Waals surface area contributed by atoms with Gasteiger partial charge in [0.1, 0.15) is 0 Å². The lowest BCUT2D eigenvalue weighted by Crippen LogP contribution is -2.30. The normalized spacial score (nSPS) is 10.4. The molecule has 0 aliphatic rings. The molecule has 3 rings (SSSR count). The summed E-state index contributed by atoms with van der Waals surface area (Å²) in [5, 5.41) is 0. The largest absolute Gasteiger partial charge is 0.337 e.